The molecule has 1 fully saturated rings. The number of carbonyl (C=O) groups is 2. The summed E-state index contributed by atoms with van der Waals surface area (Å²) in [7, 11) is 4.67. The van der Waals surface area contributed by atoms with Crippen molar-refractivity contribution in [2.24, 2.45) is 11.8 Å². The van der Waals surface area contributed by atoms with E-state index in [1.54, 1.807) is 26.2 Å². The van der Waals surface area contributed by atoms with E-state index in [2.05, 4.69) is 10.6 Å². The predicted molar refractivity (Wildman–Crippen MR) is 111 cm³/mol. The van der Waals surface area contributed by atoms with Gasteiger partial charge in [0.05, 0.1) is 27.2 Å². The standard InChI is InChI=1S/C21H33N3O5/c1-7-22-21(26)24-11-15(16(12-24)20(25)23-10-13(2)3)14-8-17(27-4)19(29-6)18(9-14)28-5/h8-9,13,15-16H,7,10-12H2,1-6H3,(H,22,26)(H,23,25). The molecule has 1 heterocycles. The van der Waals surface area contributed by atoms with E-state index in [0.717, 1.165) is 5.56 Å². The summed E-state index contributed by atoms with van der Waals surface area (Å²) in [6.45, 7) is 7.89. The van der Waals surface area contributed by atoms with E-state index < -0.39 is 0 Å². The molecule has 2 unspecified atom stereocenters. The van der Waals surface area contributed by atoms with E-state index >= 15 is 0 Å². The molecule has 0 radical (unpaired) electrons. The Balaban J connectivity index is 2.39. The van der Waals surface area contributed by atoms with Crippen LogP contribution in [-0.4, -0.2) is 64.3 Å². The highest BCUT2D eigenvalue weighted by Gasteiger charge is 2.41. The van der Waals surface area contributed by atoms with Gasteiger partial charge in [0.15, 0.2) is 11.5 Å². The Labute approximate surface area is 172 Å². The lowest BCUT2D eigenvalue weighted by Crippen LogP contribution is -2.40. The van der Waals surface area contributed by atoms with Gasteiger partial charge in [0.25, 0.3) is 0 Å². The van der Waals surface area contributed by atoms with Crippen LogP contribution in [0.5, 0.6) is 17.2 Å². The monoisotopic (exact) mass is 407 g/mol. The molecular formula is C21H33N3O5. The summed E-state index contributed by atoms with van der Waals surface area (Å²) in [6.07, 6.45) is 0. The highest BCUT2D eigenvalue weighted by molar-refractivity contribution is 5.83. The predicted octanol–water partition coefficient (Wildman–Crippen LogP) is 2.23. The third-order valence-corrected chi connectivity index (χ3v) is 5.07. The van der Waals surface area contributed by atoms with E-state index in [1.165, 1.54) is 0 Å². The summed E-state index contributed by atoms with van der Waals surface area (Å²) in [5, 5.41) is 5.83. The first-order chi connectivity index (χ1) is 13.9. The van der Waals surface area contributed by atoms with Crippen molar-refractivity contribution in [1.82, 2.24) is 15.5 Å². The highest BCUT2D eigenvalue weighted by Crippen LogP contribution is 2.43. The lowest BCUT2D eigenvalue weighted by Gasteiger charge is -2.21. The molecule has 29 heavy (non-hydrogen) atoms. The largest absolute Gasteiger partial charge is 0.493 e. The van der Waals surface area contributed by atoms with Crippen LogP contribution in [0.1, 0.15) is 32.3 Å². The third kappa shape index (κ3) is 5.25. The number of hydrogen-bond acceptors (Lipinski definition) is 5. The molecule has 1 saturated heterocycles. The van der Waals surface area contributed by atoms with Crippen molar-refractivity contribution in [2.45, 2.75) is 26.7 Å². The van der Waals surface area contributed by atoms with Gasteiger partial charge in [0, 0.05) is 32.1 Å². The zero-order valence-electron chi connectivity index (χ0n) is 18.2. The fraction of sp³-hybridized carbons (Fsp3) is 0.619. The van der Waals surface area contributed by atoms with Crippen molar-refractivity contribution in [3.05, 3.63) is 17.7 Å². The minimum atomic E-state index is -0.362. The molecule has 1 aliphatic heterocycles. The molecule has 3 amide bonds. The zero-order chi connectivity index (χ0) is 21.6. The molecule has 1 aliphatic rings. The van der Waals surface area contributed by atoms with Gasteiger partial charge in [-0.05, 0) is 30.5 Å². The molecule has 0 spiro atoms. The zero-order valence-corrected chi connectivity index (χ0v) is 18.2. The molecule has 8 heteroatoms. The van der Waals surface area contributed by atoms with Gasteiger partial charge in [0.1, 0.15) is 0 Å². The number of nitrogens with zero attached hydrogens (tertiary/aromatic N) is 1. The van der Waals surface area contributed by atoms with Crippen LogP contribution >= 0.6 is 0 Å². The van der Waals surface area contributed by atoms with Crippen molar-refractivity contribution < 1.29 is 23.8 Å². The second-order valence-corrected chi connectivity index (χ2v) is 7.55. The minimum absolute atomic E-state index is 0.0516. The Hall–Kier alpha value is -2.64. The van der Waals surface area contributed by atoms with E-state index in [-0.39, 0.29) is 23.8 Å². The Morgan fingerprint density at radius 3 is 2.17 bits per heavy atom. The van der Waals surface area contributed by atoms with E-state index in [4.69, 9.17) is 14.2 Å². The maximum absolute atomic E-state index is 12.9. The van der Waals surface area contributed by atoms with Crippen molar-refractivity contribution in [1.29, 1.82) is 0 Å². The number of likely N-dealkylation sites (tertiary alicyclic amines) is 1. The van der Waals surface area contributed by atoms with E-state index in [1.807, 2.05) is 32.9 Å². The molecule has 2 rings (SSSR count). The maximum atomic E-state index is 12.9. The molecule has 0 aromatic heterocycles. The third-order valence-electron chi connectivity index (χ3n) is 5.07. The van der Waals surface area contributed by atoms with Gasteiger partial charge in [0.2, 0.25) is 11.7 Å². The summed E-state index contributed by atoms with van der Waals surface area (Å²) in [5.74, 6) is 1.30. The number of nitrogens with one attached hydrogen (secondary N) is 2. The molecule has 0 saturated carbocycles. The van der Waals surface area contributed by atoms with Crippen molar-refractivity contribution in [3.8, 4) is 17.2 Å². The fourth-order valence-corrected chi connectivity index (χ4v) is 3.59. The number of benzene rings is 1. The summed E-state index contributed by atoms with van der Waals surface area (Å²) in [6, 6.07) is 3.55. The Kier molecular flexibility index (Phi) is 7.99. The SMILES string of the molecule is CCNC(=O)N1CC(C(=O)NCC(C)C)C(c2cc(OC)c(OC)c(OC)c2)C1. The van der Waals surface area contributed by atoms with Crippen molar-refractivity contribution in [2.75, 3.05) is 47.5 Å². The van der Waals surface area contributed by atoms with Gasteiger partial charge in [-0.2, -0.15) is 0 Å². The lowest BCUT2D eigenvalue weighted by molar-refractivity contribution is -0.125. The number of hydrogen-bond donors (Lipinski definition) is 2. The molecule has 8 nitrogen and oxygen atoms in total. The minimum Gasteiger partial charge on any atom is -0.493 e. The van der Waals surface area contributed by atoms with Gasteiger partial charge in [-0.15, -0.1) is 0 Å². The molecule has 162 valence electrons. The first kappa shape index (κ1) is 22.6. The highest BCUT2D eigenvalue weighted by atomic mass is 16.5. The van der Waals surface area contributed by atoms with Crippen LogP contribution in [-0.2, 0) is 4.79 Å². The van der Waals surface area contributed by atoms with Gasteiger partial charge >= 0.3 is 6.03 Å². The second kappa shape index (κ2) is 10.2. The molecule has 0 aliphatic carbocycles. The first-order valence-electron chi connectivity index (χ1n) is 9.96. The molecule has 0 bridgehead atoms. The summed E-state index contributed by atoms with van der Waals surface area (Å²) in [4.78, 5) is 27.0. The Morgan fingerprint density at radius 2 is 1.69 bits per heavy atom. The van der Waals surface area contributed by atoms with Crippen LogP contribution in [0.4, 0.5) is 4.79 Å². The van der Waals surface area contributed by atoms with Crippen LogP contribution in [0.25, 0.3) is 0 Å². The number of rotatable bonds is 8. The molecular weight excluding hydrogens is 374 g/mol. The topological polar surface area (TPSA) is 89.1 Å². The van der Waals surface area contributed by atoms with Crippen LogP contribution in [0.15, 0.2) is 12.1 Å². The van der Waals surface area contributed by atoms with Gasteiger partial charge in [-0.1, -0.05) is 13.8 Å². The fourth-order valence-electron chi connectivity index (χ4n) is 3.59. The van der Waals surface area contributed by atoms with Crippen LogP contribution < -0.4 is 24.8 Å². The molecule has 2 N–H and O–H groups in total. The second-order valence-electron chi connectivity index (χ2n) is 7.55. The normalized spacial score (nSPS) is 18.5. The lowest BCUT2D eigenvalue weighted by atomic mass is 9.87. The summed E-state index contributed by atoms with van der Waals surface area (Å²) in [5.41, 5.74) is 0.871. The number of urea groups is 1. The summed E-state index contributed by atoms with van der Waals surface area (Å²) < 4.78 is 16.3. The number of amides is 3. The number of ether oxygens (including phenoxy) is 3. The van der Waals surface area contributed by atoms with Gasteiger partial charge in [-0.3, -0.25) is 4.79 Å². The Morgan fingerprint density at radius 1 is 1.07 bits per heavy atom. The van der Waals surface area contributed by atoms with Crippen LogP contribution in [0.3, 0.4) is 0 Å². The molecule has 1 aromatic carbocycles. The average molecular weight is 408 g/mol. The summed E-state index contributed by atoms with van der Waals surface area (Å²) >= 11 is 0. The van der Waals surface area contributed by atoms with E-state index in [9.17, 15) is 9.59 Å². The maximum Gasteiger partial charge on any atom is 0.317 e. The Bertz CT molecular complexity index is 697. The molecule has 1 aromatic rings. The van der Waals surface area contributed by atoms with Gasteiger partial charge < -0.3 is 29.7 Å². The average Bonchev–Trinajstić information content (AvgIpc) is 3.16. The van der Waals surface area contributed by atoms with Crippen molar-refractivity contribution in [3.63, 3.8) is 0 Å². The first-order valence-corrected chi connectivity index (χ1v) is 9.96. The number of carbonyl (C=O) groups excluding carboxylic acids is 2. The van der Waals surface area contributed by atoms with Crippen LogP contribution in [0, 0.1) is 11.8 Å². The number of methoxy groups -OCH3 is 3. The molecule has 2 atom stereocenters. The quantitative estimate of drug-likeness (QED) is 0.690. The van der Waals surface area contributed by atoms with Gasteiger partial charge in [-0.25, -0.2) is 4.79 Å². The smallest absolute Gasteiger partial charge is 0.317 e. The van der Waals surface area contributed by atoms with Crippen LogP contribution in [0.2, 0.25) is 0 Å². The van der Waals surface area contributed by atoms with Crippen molar-refractivity contribution >= 4 is 11.9 Å². The van der Waals surface area contributed by atoms with E-state index in [0.29, 0.717) is 49.3 Å².